The minimum atomic E-state index is -0.350. The van der Waals surface area contributed by atoms with Crippen molar-refractivity contribution in [2.45, 2.75) is 26.3 Å². The first kappa shape index (κ1) is 16.8. The van der Waals surface area contributed by atoms with Gasteiger partial charge in [-0.3, -0.25) is 4.79 Å². The van der Waals surface area contributed by atoms with Crippen LogP contribution in [0.4, 0.5) is 4.79 Å². The quantitative estimate of drug-likeness (QED) is 0.922. The number of nitriles is 1. The van der Waals surface area contributed by atoms with E-state index in [-0.39, 0.29) is 17.9 Å². The molecule has 6 nitrogen and oxygen atoms in total. The lowest BCUT2D eigenvalue weighted by atomic mass is 9.97. The van der Waals surface area contributed by atoms with Gasteiger partial charge < -0.3 is 15.0 Å². The highest BCUT2D eigenvalue weighted by Crippen LogP contribution is 2.17. The van der Waals surface area contributed by atoms with Crippen molar-refractivity contribution in [1.29, 1.82) is 5.26 Å². The Morgan fingerprint density at radius 1 is 1.39 bits per heavy atom. The first-order valence-corrected chi connectivity index (χ1v) is 7.82. The van der Waals surface area contributed by atoms with Crippen molar-refractivity contribution in [2.24, 2.45) is 5.92 Å². The highest BCUT2D eigenvalue weighted by Gasteiger charge is 2.28. The lowest BCUT2D eigenvalue weighted by molar-refractivity contribution is -0.126. The van der Waals surface area contributed by atoms with Crippen LogP contribution in [0.15, 0.2) is 24.3 Å². The van der Waals surface area contributed by atoms with Crippen molar-refractivity contribution < 1.29 is 14.3 Å². The molecular formula is C17H21N3O3. The molecule has 0 aliphatic carbocycles. The number of amides is 2. The van der Waals surface area contributed by atoms with Gasteiger partial charge in [-0.1, -0.05) is 12.1 Å². The summed E-state index contributed by atoms with van der Waals surface area (Å²) >= 11 is 0. The molecular weight excluding hydrogens is 294 g/mol. The molecule has 1 aromatic rings. The lowest BCUT2D eigenvalue weighted by Gasteiger charge is -2.31. The van der Waals surface area contributed by atoms with E-state index in [1.807, 2.05) is 12.1 Å². The first-order valence-electron chi connectivity index (χ1n) is 7.82. The number of ether oxygens (including phenoxy) is 1. The summed E-state index contributed by atoms with van der Waals surface area (Å²) in [5.41, 5.74) is 1.54. The number of piperidine rings is 1. The van der Waals surface area contributed by atoms with Crippen LogP contribution in [-0.2, 0) is 16.1 Å². The van der Waals surface area contributed by atoms with Crippen molar-refractivity contribution in [2.75, 3.05) is 19.7 Å². The molecule has 0 spiro atoms. The summed E-state index contributed by atoms with van der Waals surface area (Å²) < 4.78 is 4.99. The van der Waals surface area contributed by atoms with Gasteiger partial charge in [-0.15, -0.1) is 0 Å². The van der Waals surface area contributed by atoms with Gasteiger partial charge in [0.05, 0.1) is 24.2 Å². The zero-order valence-electron chi connectivity index (χ0n) is 13.2. The number of rotatable bonds is 4. The van der Waals surface area contributed by atoms with Crippen molar-refractivity contribution in [3.05, 3.63) is 35.4 Å². The van der Waals surface area contributed by atoms with E-state index in [1.165, 1.54) is 0 Å². The summed E-state index contributed by atoms with van der Waals surface area (Å²) in [5.74, 6) is -0.255. The maximum Gasteiger partial charge on any atom is 0.409 e. The summed E-state index contributed by atoms with van der Waals surface area (Å²) in [6.45, 7) is 3.56. The molecule has 1 atom stereocenters. The smallest absolute Gasteiger partial charge is 0.409 e. The summed E-state index contributed by atoms with van der Waals surface area (Å²) in [4.78, 5) is 25.6. The van der Waals surface area contributed by atoms with Gasteiger partial charge >= 0.3 is 6.09 Å². The van der Waals surface area contributed by atoms with Crippen molar-refractivity contribution in [1.82, 2.24) is 10.2 Å². The molecule has 2 amide bonds. The Bertz CT molecular complexity index is 592. The molecule has 23 heavy (non-hydrogen) atoms. The molecule has 1 saturated heterocycles. The van der Waals surface area contributed by atoms with E-state index in [1.54, 1.807) is 24.0 Å². The average Bonchev–Trinajstić information content (AvgIpc) is 2.60. The highest BCUT2D eigenvalue weighted by atomic mass is 16.6. The summed E-state index contributed by atoms with van der Waals surface area (Å²) in [6.07, 6.45) is 1.22. The zero-order chi connectivity index (χ0) is 16.7. The van der Waals surface area contributed by atoms with Crippen LogP contribution in [-0.4, -0.2) is 36.6 Å². The number of likely N-dealkylation sites (tertiary alicyclic amines) is 1. The number of hydrogen-bond donors (Lipinski definition) is 1. The van der Waals surface area contributed by atoms with Crippen molar-refractivity contribution >= 4 is 12.0 Å². The summed E-state index contributed by atoms with van der Waals surface area (Å²) in [5, 5.41) is 11.7. The second-order valence-electron chi connectivity index (χ2n) is 5.51. The number of carbonyl (C=O) groups is 2. The fraction of sp³-hybridized carbons (Fsp3) is 0.471. The third-order valence-corrected chi connectivity index (χ3v) is 3.87. The Kier molecular flexibility index (Phi) is 5.98. The Labute approximate surface area is 136 Å². The molecule has 0 bridgehead atoms. The van der Waals surface area contributed by atoms with Gasteiger partial charge in [-0.05, 0) is 37.5 Å². The standard InChI is InChI=1S/C17H21N3O3/c1-2-23-17(22)20-9-3-4-15(12-20)16(21)19-11-14-7-5-13(10-18)6-8-14/h5-8,15H,2-4,9,11-12H2,1H3,(H,19,21). The number of hydrogen-bond acceptors (Lipinski definition) is 4. The number of carbonyl (C=O) groups excluding carboxylic acids is 2. The Morgan fingerprint density at radius 3 is 2.78 bits per heavy atom. The topological polar surface area (TPSA) is 82.4 Å². The normalized spacial score (nSPS) is 17.2. The molecule has 1 N–H and O–H groups in total. The van der Waals surface area contributed by atoms with Crippen LogP contribution in [0.25, 0.3) is 0 Å². The van der Waals surface area contributed by atoms with Crippen LogP contribution < -0.4 is 5.32 Å². The van der Waals surface area contributed by atoms with Gasteiger partial charge in [0.15, 0.2) is 0 Å². The highest BCUT2D eigenvalue weighted by molar-refractivity contribution is 5.80. The largest absolute Gasteiger partial charge is 0.450 e. The van der Waals surface area contributed by atoms with Crippen molar-refractivity contribution in [3.8, 4) is 6.07 Å². The van der Waals surface area contributed by atoms with Crippen LogP contribution in [0.5, 0.6) is 0 Å². The van der Waals surface area contributed by atoms with E-state index < -0.39 is 0 Å². The van der Waals surface area contributed by atoms with Gasteiger partial charge in [0, 0.05) is 19.6 Å². The van der Waals surface area contributed by atoms with Gasteiger partial charge in [-0.2, -0.15) is 5.26 Å². The lowest BCUT2D eigenvalue weighted by Crippen LogP contribution is -2.45. The monoisotopic (exact) mass is 315 g/mol. The number of nitrogens with one attached hydrogen (secondary N) is 1. The Balaban J connectivity index is 1.84. The summed E-state index contributed by atoms with van der Waals surface area (Å²) in [7, 11) is 0. The number of nitrogens with zero attached hydrogens (tertiary/aromatic N) is 2. The third-order valence-electron chi connectivity index (χ3n) is 3.87. The van der Waals surface area contributed by atoms with Crippen LogP contribution in [0, 0.1) is 17.2 Å². The van der Waals surface area contributed by atoms with Gasteiger partial charge in [0.1, 0.15) is 0 Å². The molecule has 0 aromatic heterocycles. The van der Waals surface area contributed by atoms with Gasteiger partial charge in [0.2, 0.25) is 5.91 Å². The molecule has 0 saturated carbocycles. The van der Waals surface area contributed by atoms with E-state index in [9.17, 15) is 9.59 Å². The molecule has 2 rings (SSSR count). The predicted octanol–water partition coefficient (Wildman–Crippen LogP) is 2.04. The second kappa shape index (κ2) is 8.18. The molecule has 0 radical (unpaired) electrons. The molecule has 1 unspecified atom stereocenters. The SMILES string of the molecule is CCOC(=O)N1CCCC(C(=O)NCc2ccc(C#N)cc2)C1. The van der Waals surface area contributed by atoms with Crippen LogP contribution in [0.2, 0.25) is 0 Å². The van der Waals surface area contributed by atoms with E-state index in [2.05, 4.69) is 11.4 Å². The third kappa shape index (κ3) is 4.71. The average molecular weight is 315 g/mol. The minimum absolute atomic E-state index is 0.0524. The zero-order valence-corrected chi connectivity index (χ0v) is 13.2. The van der Waals surface area contributed by atoms with Crippen LogP contribution in [0.1, 0.15) is 30.9 Å². The molecule has 1 aliphatic rings. The van der Waals surface area contributed by atoms with E-state index in [0.29, 0.717) is 31.8 Å². The summed E-state index contributed by atoms with van der Waals surface area (Å²) in [6, 6.07) is 9.16. The second-order valence-corrected chi connectivity index (χ2v) is 5.51. The minimum Gasteiger partial charge on any atom is -0.450 e. The first-order chi connectivity index (χ1) is 11.1. The predicted molar refractivity (Wildman–Crippen MR) is 84.3 cm³/mol. The molecule has 122 valence electrons. The van der Waals surface area contributed by atoms with Gasteiger partial charge in [-0.25, -0.2) is 4.79 Å². The Morgan fingerprint density at radius 2 is 2.13 bits per heavy atom. The van der Waals surface area contributed by atoms with Crippen LogP contribution in [0.3, 0.4) is 0 Å². The molecule has 1 fully saturated rings. The van der Waals surface area contributed by atoms with Gasteiger partial charge in [0.25, 0.3) is 0 Å². The molecule has 1 aromatic carbocycles. The van der Waals surface area contributed by atoms with E-state index in [4.69, 9.17) is 10.00 Å². The molecule has 1 aliphatic heterocycles. The molecule has 1 heterocycles. The van der Waals surface area contributed by atoms with Crippen LogP contribution >= 0.6 is 0 Å². The maximum absolute atomic E-state index is 12.3. The Hall–Kier alpha value is -2.55. The van der Waals surface area contributed by atoms with E-state index >= 15 is 0 Å². The van der Waals surface area contributed by atoms with E-state index in [0.717, 1.165) is 18.4 Å². The number of benzene rings is 1. The molecule has 6 heteroatoms. The fourth-order valence-electron chi connectivity index (χ4n) is 2.60. The fourth-order valence-corrected chi connectivity index (χ4v) is 2.60. The van der Waals surface area contributed by atoms with Crippen molar-refractivity contribution in [3.63, 3.8) is 0 Å². The maximum atomic E-state index is 12.3.